The van der Waals surface area contributed by atoms with Crippen molar-refractivity contribution in [1.29, 1.82) is 0 Å². The Morgan fingerprint density at radius 1 is 0.864 bits per heavy atom. The van der Waals surface area contributed by atoms with E-state index in [-0.39, 0.29) is 23.5 Å². The first-order chi connectivity index (χ1) is 21.1. The number of ether oxygens (including phenoxy) is 4. The van der Waals surface area contributed by atoms with Crippen LogP contribution in [-0.2, 0) is 34.3 Å². The molecule has 2 aromatic rings. The largest absolute Gasteiger partial charge is 0.461 e. The van der Waals surface area contributed by atoms with Gasteiger partial charge in [-0.2, -0.15) is 0 Å². The van der Waals surface area contributed by atoms with Crippen molar-refractivity contribution in [1.82, 2.24) is 0 Å². The van der Waals surface area contributed by atoms with Crippen LogP contribution in [0.2, 0.25) is 0 Å². The van der Waals surface area contributed by atoms with Gasteiger partial charge in [0.25, 0.3) is 0 Å². The average molecular weight is 604 g/mol. The van der Waals surface area contributed by atoms with Crippen LogP contribution in [-0.4, -0.2) is 36.4 Å². The fraction of sp³-hybridized carbons (Fsp3) is 0.579. The summed E-state index contributed by atoms with van der Waals surface area (Å²) in [5.41, 5.74) is 2.06. The Balaban J connectivity index is 1.70. The highest BCUT2D eigenvalue weighted by Gasteiger charge is 2.58. The van der Waals surface area contributed by atoms with Gasteiger partial charge < -0.3 is 18.9 Å². The van der Waals surface area contributed by atoms with E-state index in [2.05, 4.69) is 37.3 Å². The van der Waals surface area contributed by atoms with Crippen molar-refractivity contribution in [3.05, 3.63) is 84.4 Å². The Hall–Kier alpha value is -2.96. The zero-order valence-electron chi connectivity index (χ0n) is 27.2. The van der Waals surface area contributed by atoms with Crippen LogP contribution in [0.4, 0.5) is 0 Å². The van der Waals surface area contributed by atoms with Gasteiger partial charge in [0.05, 0.1) is 12.2 Å². The molecule has 4 rings (SSSR count). The molecule has 1 unspecified atom stereocenters. The third kappa shape index (κ3) is 8.00. The van der Waals surface area contributed by atoms with Gasteiger partial charge in [-0.25, -0.2) is 9.59 Å². The molecule has 239 valence electrons. The van der Waals surface area contributed by atoms with Crippen LogP contribution in [0.15, 0.2) is 66.7 Å². The summed E-state index contributed by atoms with van der Waals surface area (Å²) in [6, 6.07) is 20.4. The first kappa shape index (κ1) is 33.9. The number of rotatable bonds is 14. The van der Waals surface area contributed by atoms with E-state index >= 15 is 0 Å². The molecule has 3 atom stereocenters. The summed E-state index contributed by atoms with van der Waals surface area (Å²) in [5.74, 6) is -2.24. The van der Waals surface area contributed by atoms with Gasteiger partial charge in [-0.3, -0.25) is 0 Å². The van der Waals surface area contributed by atoms with E-state index in [4.69, 9.17) is 25.5 Å². The molecule has 1 saturated heterocycles. The highest BCUT2D eigenvalue weighted by atomic mass is 16.8. The quantitative estimate of drug-likeness (QED) is 0.159. The molecule has 1 saturated carbocycles. The van der Waals surface area contributed by atoms with Crippen LogP contribution in [0.25, 0.3) is 0 Å². The molecule has 0 N–H and O–H groups in total. The minimum Gasteiger partial charge on any atom is -0.461 e. The Morgan fingerprint density at radius 2 is 1.39 bits per heavy atom. The van der Waals surface area contributed by atoms with Crippen LogP contribution < -0.4 is 0 Å². The van der Waals surface area contributed by atoms with Crippen molar-refractivity contribution in [2.45, 2.75) is 129 Å². The molecule has 6 heteroatoms. The molecule has 44 heavy (non-hydrogen) atoms. The summed E-state index contributed by atoms with van der Waals surface area (Å²) in [4.78, 5) is 26.7. The van der Waals surface area contributed by atoms with Gasteiger partial charge in [0.1, 0.15) is 0 Å². The lowest BCUT2D eigenvalue weighted by Crippen LogP contribution is -2.40. The van der Waals surface area contributed by atoms with Crippen molar-refractivity contribution in [2.75, 3.05) is 0 Å². The summed E-state index contributed by atoms with van der Waals surface area (Å²) in [5, 5.41) is 0. The van der Waals surface area contributed by atoms with Crippen molar-refractivity contribution >= 4 is 11.9 Å². The molecule has 1 heterocycles. The van der Waals surface area contributed by atoms with E-state index in [0.29, 0.717) is 12.3 Å². The molecule has 0 aromatic heterocycles. The predicted molar refractivity (Wildman–Crippen MR) is 172 cm³/mol. The third-order valence-electron chi connectivity index (χ3n) is 9.33. The lowest BCUT2D eigenvalue weighted by atomic mass is 9.59. The van der Waals surface area contributed by atoms with Gasteiger partial charge in [-0.1, -0.05) is 99.5 Å². The van der Waals surface area contributed by atoms with E-state index in [9.17, 15) is 9.59 Å². The lowest BCUT2D eigenvalue weighted by Gasteiger charge is -2.47. The number of esters is 2. The predicted octanol–water partition coefficient (Wildman–Crippen LogP) is 8.45. The smallest absolute Gasteiger partial charge is 0.339 e. The van der Waals surface area contributed by atoms with Gasteiger partial charge in [-0.05, 0) is 82.6 Å². The molecule has 1 radical (unpaired) electrons. The van der Waals surface area contributed by atoms with Crippen molar-refractivity contribution in [3.8, 4) is 0 Å². The molecule has 1 aliphatic heterocycles. The first-order valence-electron chi connectivity index (χ1n) is 16.5. The van der Waals surface area contributed by atoms with E-state index < -0.39 is 29.9 Å². The molecule has 1 aliphatic carbocycles. The van der Waals surface area contributed by atoms with Gasteiger partial charge >= 0.3 is 11.9 Å². The first-order valence-corrected chi connectivity index (χ1v) is 16.5. The lowest BCUT2D eigenvalue weighted by molar-refractivity contribution is -0.210. The second-order valence-corrected chi connectivity index (χ2v) is 13.2. The highest BCUT2D eigenvalue weighted by Crippen LogP contribution is 2.55. The third-order valence-corrected chi connectivity index (χ3v) is 9.33. The number of benzene rings is 2. The van der Waals surface area contributed by atoms with Gasteiger partial charge in [0.2, 0.25) is 0 Å². The average Bonchev–Trinajstić information content (AvgIpc) is 3.42. The minimum atomic E-state index is -1.39. The van der Waals surface area contributed by atoms with E-state index in [1.807, 2.05) is 36.4 Å². The summed E-state index contributed by atoms with van der Waals surface area (Å²) >= 11 is 0. The second-order valence-electron chi connectivity index (χ2n) is 13.2. The zero-order valence-corrected chi connectivity index (χ0v) is 27.2. The minimum absolute atomic E-state index is 0.0613. The van der Waals surface area contributed by atoms with E-state index in [1.54, 1.807) is 27.7 Å². The molecule has 0 bridgehead atoms. The fourth-order valence-corrected chi connectivity index (χ4v) is 7.11. The molecule has 6 nitrogen and oxygen atoms in total. The monoisotopic (exact) mass is 603 g/mol. The molecule has 0 spiro atoms. The highest BCUT2D eigenvalue weighted by molar-refractivity contribution is 5.86. The van der Waals surface area contributed by atoms with E-state index in [0.717, 1.165) is 56.9 Å². The molecule has 2 aromatic carbocycles. The Labute approximate surface area is 264 Å². The van der Waals surface area contributed by atoms with Crippen LogP contribution in [0.1, 0.15) is 109 Å². The van der Waals surface area contributed by atoms with Gasteiger partial charge in [0, 0.05) is 12.0 Å². The molecule has 0 amide bonds. The maximum absolute atomic E-state index is 13.4. The fourth-order valence-electron chi connectivity index (χ4n) is 7.11. The number of carbonyl (C=O) groups excluding carboxylic acids is 2. The normalized spacial score (nSPS) is 25.5. The van der Waals surface area contributed by atoms with Crippen LogP contribution in [0.5, 0.6) is 0 Å². The maximum Gasteiger partial charge on any atom is 0.339 e. The Bertz CT molecular complexity index is 1170. The summed E-state index contributed by atoms with van der Waals surface area (Å²) < 4.78 is 24.4. The number of allylic oxidation sites excluding steroid dienone is 1. The Kier molecular flexibility index (Phi) is 11.8. The number of unbranched alkanes of at least 4 members (excludes halogenated alkanes) is 2. The summed E-state index contributed by atoms with van der Waals surface area (Å²) in [6.45, 7) is 15.9. The van der Waals surface area contributed by atoms with E-state index in [1.165, 1.54) is 5.56 Å². The zero-order chi connectivity index (χ0) is 31.7. The van der Waals surface area contributed by atoms with Crippen LogP contribution in [0.3, 0.4) is 0 Å². The molecule has 2 fully saturated rings. The van der Waals surface area contributed by atoms with Crippen molar-refractivity contribution in [2.24, 2.45) is 11.3 Å². The Morgan fingerprint density at radius 3 is 1.86 bits per heavy atom. The topological polar surface area (TPSA) is 71.1 Å². The van der Waals surface area contributed by atoms with Gasteiger partial charge in [-0.15, -0.1) is 0 Å². The van der Waals surface area contributed by atoms with Crippen LogP contribution in [0, 0.1) is 17.9 Å². The molecular formula is C38H51O6. The summed E-state index contributed by atoms with van der Waals surface area (Å²) in [7, 11) is 0. The molecule has 2 aliphatic rings. The number of hydrogen-bond donors (Lipinski definition) is 0. The number of hydrogen-bond acceptors (Lipinski definition) is 6. The SMILES string of the molecule is [CH]=CC(CC1(c2ccccc2)O[C@@H](C(=O)OC(C)C)[C@H](C(=O)OC(C)C)O1)C1(CCCCC)CCC(c2ccccc2)CC1. The maximum atomic E-state index is 13.4. The molecular weight excluding hydrogens is 552 g/mol. The summed E-state index contributed by atoms with van der Waals surface area (Å²) in [6.07, 6.45) is 7.53. The van der Waals surface area contributed by atoms with Crippen LogP contribution >= 0.6 is 0 Å². The van der Waals surface area contributed by atoms with Crippen molar-refractivity contribution < 1.29 is 28.5 Å². The van der Waals surface area contributed by atoms with Gasteiger partial charge in [0.15, 0.2) is 18.0 Å². The number of carbonyl (C=O) groups is 2. The second kappa shape index (κ2) is 15.4. The standard InChI is InChI=1S/C38H51O6/c1-7-9-16-23-37(24-21-30(22-25-37)29-17-12-10-13-18-29)31(8-2)26-38(32-19-14-11-15-20-32)43-33(35(39)41-27(3)4)34(44-38)36(40)42-28(5)6/h2,8,10-15,17-20,27-28,30-31,33-34H,7,9,16,21-26H2,1,3-6H3/t30?,31?,33-,34-,37?/m1/s1. The van der Waals surface area contributed by atoms with Crippen molar-refractivity contribution in [3.63, 3.8) is 0 Å².